The van der Waals surface area contributed by atoms with Gasteiger partial charge < -0.3 is 10.4 Å². The Hall–Kier alpha value is -1.14. The SMILES string of the molecule is Cc1csc(=O)n1CC(=O)NCCCO. The van der Waals surface area contributed by atoms with Gasteiger partial charge in [-0.1, -0.05) is 11.3 Å². The normalized spacial score (nSPS) is 10.3. The average Bonchev–Trinajstić information content (AvgIpc) is 2.50. The molecule has 84 valence electrons. The van der Waals surface area contributed by atoms with E-state index in [0.29, 0.717) is 13.0 Å². The van der Waals surface area contributed by atoms with E-state index >= 15 is 0 Å². The van der Waals surface area contributed by atoms with Gasteiger partial charge in [-0.2, -0.15) is 0 Å². The van der Waals surface area contributed by atoms with Crippen molar-refractivity contribution >= 4 is 17.2 Å². The van der Waals surface area contributed by atoms with E-state index in [0.717, 1.165) is 17.0 Å². The first-order valence-corrected chi connectivity index (χ1v) is 5.55. The summed E-state index contributed by atoms with van der Waals surface area (Å²) < 4.78 is 1.43. The minimum absolute atomic E-state index is 0.0533. The Labute approximate surface area is 91.4 Å². The van der Waals surface area contributed by atoms with Gasteiger partial charge in [-0.3, -0.25) is 14.2 Å². The molecule has 1 amide bonds. The summed E-state index contributed by atoms with van der Waals surface area (Å²) in [4.78, 5) is 22.5. The molecule has 1 aromatic rings. The molecule has 1 aromatic heterocycles. The monoisotopic (exact) mass is 230 g/mol. The summed E-state index contributed by atoms with van der Waals surface area (Å²) in [5.74, 6) is -0.202. The molecule has 1 rings (SSSR count). The van der Waals surface area contributed by atoms with Crippen LogP contribution in [0.4, 0.5) is 0 Å². The second kappa shape index (κ2) is 5.67. The number of thiazole rings is 1. The zero-order valence-corrected chi connectivity index (χ0v) is 9.34. The summed E-state index contributed by atoms with van der Waals surface area (Å²) in [6, 6.07) is 0. The zero-order valence-electron chi connectivity index (χ0n) is 8.52. The van der Waals surface area contributed by atoms with Crippen LogP contribution in [0.1, 0.15) is 12.1 Å². The van der Waals surface area contributed by atoms with Gasteiger partial charge in [-0.15, -0.1) is 0 Å². The first-order chi connectivity index (χ1) is 7.15. The van der Waals surface area contributed by atoms with E-state index in [-0.39, 0.29) is 23.9 Å². The molecule has 6 heteroatoms. The molecule has 0 unspecified atom stereocenters. The lowest BCUT2D eigenvalue weighted by molar-refractivity contribution is -0.121. The lowest BCUT2D eigenvalue weighted by atomic mass is 10.4. The lowest BCUT2D eigenvalue weighted by Crippen LogP contribution is -2.31. The average molecular weight is 230 g/mol. The molecule has 0 radical (unpaired) electrons. The number of aryl methyl sites for hydroxylation is 1. The van der Waals surface area contributed by atoms with Gasteiger partial charge >= 0.3 is 4.87 Å². The number of nitrogens with one attached hydrogen (secondary N) is 1. The number of aromatic nitrogens is 1. The molecule has 0 aliphatic carbocycles. The number of hydrogen-bond donors (Lipinski definition) is 2. The summed E-state index contributed by atoms with van der Waals surface area (Å²) in [5.41, 5.74) is 0.794. The number of carbonyl (C=O) groups is 1. The Morgan fingerprint density at radius 3 is 2.93 bits per heavy atom. The van der Waals surface area contributed by atoms with Gasteiger partial charge in [0.15, 0.2) is 0 Å². The van der Waals surface area contributed by atoms with Crippen molar-refractivity contribution < 1.29 is 9.90 Å². The van der Waals surface area contributed by atoms with Crippen molar-refractivity contribution in [2.45, 2.75) is 19.9 Å². The van der Waals surface area contributed by atoms with Crippen molar-refractivity contribution in [2.75, 3.05) is 13.2 Å². The number of rotatable bonds is 5. The molecule has 0 bridgehead atoms. The van der Waals surface area contributed by atoms with Gasteiger partial charge in [0.05, 0.1) is 0 Å². The maximum Gasteiger partial charge on any atom is 0.307 e. The van der Waals surface area contributed by atoms with Crippen molar-refractivity contribution in [1.82, 2.24) is 9.88 Å². The number of carbonyl (C=O) groups excluding carboxylic acids is 1. The molecular formula is C9H14N2O3S. The first-order valence-electron chi connectivity index (χ1n) is 4.67. The summed E-state index contributed by atoms with van der Waals surface area (Å²) in [7, 11) is 0. The van der Waals surface area contributed by atoms with Crippen LogP contribution >= 0.6 is 11.3 Å². The van der Waals surface area contributed by atoms with E-state index < -0.39 is 0 Å². The Kier molecular flexibility index (Phi) is 4.51. The molecule has 0 aliphatic heterocycles. The molecule has 0 atom stereocenters. The fourth-order valence-corrected chi connectivity index (χ4v) is 1.84. The van der Waals surface area contributed by atoms with Crippen LogP contribution in [0.3, 0.4) is 0 Å². The second-order valence-electron chi connectivity index (χ2n) is 3.16. The Morgan fingerprint density at radius 1 is 1.67 bits per heavy atom. The van der Waals surface area contributed by atoms with Gasteiger partial charge in [0.2, 0.25) is 5.91 Å². The van der Waals surface area contributed by atoms with Crippen LogP contribution in [0.2, 0.25) is 0 Å². The number of hydrogen-bond acceptors (Lipinski definition) is 4. The molecule has 2 N–H and O–H groups in total. The van der Waals surface area contributed by atoms with Crippen molar-refractivity contribution in [3.05, 3.63) is 20.7 Å². The number of aliphatic hydroxyl groups excluding tert-OH is 1. The van der Waals surface area contributed by atoms with Gasteiger partial charge in [0, 0.05) is 24.2 Å². The standard InChI is InChI=1S/C9H14N2O3S/c1-7-6-15-9(14)11(7)5-8(13)10-3-2-4-12/h6,12H,2-5H2,1H3,(H,10,13). The highest BCUT2D eigenvalue weighted by Gasteiger charge is 2.07. The summed E-state index contributed by atoms with van der Waals surface area (Å²) in [5, 5.41) is 12.9. The van der Waals surface area contributed by atoms with Gasteiger partial charge in [0.1, 0.15) is 6.54 Å². The van der Waals surface area contributed by atoms with Gasteiger partial charge in [-0.25, -0.2) is 0 Å². The third-order valence-electron chi connectivity index (χ3n) is 1.94. The van der Waals surface area contributed by atoms with Crippen LogP contribution < -0.4 is 10.2 Å². The molecule has 0 aliphatic rings. The Balaban J connectivity index is 2.48. The van der Waals surface area contributed by atoms with Crippen molar-refractivity contribution in [2.24, 2.45) is 0 Å². The highest BCUT2D eigenvalue weighted by molar-refractivity contribution is 7.07. The highest BCUT2D eigenvalue weighted by Crippen LogP contribution is 1.98. The summed E-state index contributed by atoms with van der Waals surface area (Å²) in [6.07, 6.45) is 0.531. The molecular weight excluding hydrogens is 216 g/mol. The molecule has 0 fully saturated rings. The minimum atomic E-state index is -0.202. The fourth-order valence-electron chi connectivity index (χ4n) is 1.10. The molecule has 0 aromatic carbocycles. The smallest absolute Gasteiger partial charge is 0.307 e. The highest BCUT2D eigenvalue weighted by atomic mass is 32.1. The number of amides is 1. The van der Waals surface area contributed by atoms with Crippen LogP contribution in [0, 0.1) is 6.92 Å². The van der Waals surface area contributed by atoms with E-state index in [9.17, 15) is 9.59 Å². The zero-order chi connectivity index (χ0) is 11.3. The van der Waals surface area contributed by atoms with Crippen LogP contribution in [-0.2, 0) is 11.3 Å². The number of nitrogens with zero attached hydrogens (tertiary/aromatic N) is 1. The van der Waals surface area contributed by atoms with E-state index in [2.05, 4.69) is 5.32 Å². The topological polar surface area (TPSA) is 71.3 Å². The largest absolute Gasteiger partial charge is 0.396 e. The predicted octanol–water partition coefficient (Wildman–Crippen LogP) is -0.283. The van der Waals surface area contributed by atoms with Gasteiger partial charge in [0.25, 0.3) is 0 Å². The predicted molar refractivity (Wildman–Crippen MR) is 58.0 cm³/mol. The van der Waals surface area contributed by atoms with Crippen molar-refractivity contribution in [3.8, 4) is 0 Å². The van der Waals surface area contributed by atoms with E-state index in [1.807, 2.05) is 0 Å². The summed E-state index contributed by atoms with van der Waals surface area (Å²) in [6.45, 7) is 2.34. The quantitative estimate of drug-likeness (QED) is 0.683. The number of aliphatic hydroxyl groups is 1. The Morgan fingerprint density at radius 2 is 2.40 bits per heavy atom. The maximum absolute atomic E-state index is 11.3. The van der Waals surface area contributed by atoms with Crippen LogP contribution in [-0.4, -0.2) is 28.7 Å². The van der Waals surface area contributed by atoms with E-state index in [1.54, 1.807) is 12.3 Å². The van der Waals surface area contributed by atoms with E-state index in [4.69, 9.17) is 5.11 Å². The van der Waals surface area contributed by atoms with Crippen LogP contribution in [0.25, 0.3) is 0 Å². The summed E-state index contributed by atoms with van der Waals surface area (Å²) >= 11 is 1.09. The van der Waals surface area contributed by atoms with Gasteiger partial charge in [-0.05, 0) is 13.3 Å². The van der Waals surface area contributed by atoms with E-state index in [1.165, 1.54) is 4.57 Å². The lowest BCUT2D eigenvalue weighted by Gasteiger charge is -2.05. The molecule has 0 saturated heterocycles. The molecule has 1 heterocycles. The Bertz CT molecular complexity index is 383. The third-order valence-corrected chi connectivity index (χ3v) is 2.82. The molecule has 5 nitrogen and oxygen atoms in total. The second-order valence-corrected chi connectivity index (χ2v) is 3.98. The minimum Gasteiger partial charge on any atom is -0.396 e. The van der Waals surface area contributed by atoms with Crippen molar-refractivity contribution in [3.63, 3.8) is 0 Å². The first kappa shape index (κ1) is 11.9. The third kappa shape index (κ3) is 3.49. The van der Waals surface area contributed by atoms with Crippen LogP contribution in [0.5, 0.6) is 0 Å². The molecule has 0 saturated carbocycles. The maximum atomic E-state index is 11.3. The van der Waals surface area contributed by atoms with Crippen LogP contribution in [0.15, 0.2) is 10.2 Å². The van der Waals surface area contributed by atoms with Crippen molar-refractivity contribution in [1.29, 1.82) is 0 Å². The molecule has 15 heavy (non-hydrogen) atoms. The fraction of sp³-hybridized carbons (Fsp3) is 0.556. The molecule has 0 spiro atoms.